The van der Waals surface area contributed by atoms with Crippen molar-refractivity contribution in [3.05, 3.63) is 16.2 Å². The summed E-state index contributed by atoms with van der Waals surface area (Å²) < 4.78 is 11.7. The van der Waals surface area contributed by atoms with E-state index in [0.29, 0.717) is 19.8 Å². The lowest BCUT2D eigenvalue weighted by atomic mass is 10.2. The van der Waals surface area contributed by atoms with Gasteiger partial charge in [-0.25, -0.2) is 9.78 Å². The van der Waals surface area contributed by atoms with Gasteiger partial charge in [0, 0.05) is 44.1 Å². The van der Waals surface area contributed by atoms with Crippen molar-refractivity contribution in [2.75, 3.05) is 57.4 Å². The molecule has 2 aromatic rings. The van der Waals surface area contributed by atoms with Crippen LogP contribution in [0.4, 0.5) is 10.6 Å². The molecule has 0 spiro atoms. The molecule has 2 aromatic heterocycles. The first kappa shape index (κ1) is 17.4. The van der Waals surface area contributed by atoms with Crippen molar-refractivity contribution in [1.82, 2.24) is 19.8 Å². The third-order valence-corrected chi connectivity index (χ3v) is 6.54. The number of morpholine rings is 1. The molecular weight excluding hydrogens is 390 g/mol. The first-order chi connectivity index (χ1) is 13.2. The number of thiophene rings is 1. The number of rotatable bonds is 3. The molecule has 0 aliphatic carbocycles. The van der Waals surface area contributed by atoms with Gasteiger partial charge in [0.15, 0.2) is 5.82 Å². The topological polar surface area (TPSA) is 71.0 Å². The Balaban J connectivity index is 1.37. The molecule has 0 aromatic carbocycles. The Morgan fingerprint density at radius 2 is 2.07 bits per heavy atom. The summed E-state index contributed by atoms with van der Waals surface area (Å²) in [5.74, 6) is 0.907. The van der Waals surface area contributed by atoms with Crippen LogP contribution in [0.3, 0.4) is 0 Å². The Hall–Kier alpha value is -1.68. The fraction of sp³-hybridized carbons (Fsp3) is 0.588. The maximum Gasteiger partial charge on any atom is 0.410 e. The number of hydrogen-bond acceptors (Lipinski definition) is 8. The van der Waals surface area contributed by atoms with Gasteiger partial charge in [0.25, 0.3) is 0 Å². The zero-order chi connectivity index (χ0) is 18.4. The van der Waals surface area contributed by atoms with Crippen LogP contribution in [0.25, 0.3) is 10.2 Å². The van der Waals surface area contributed by atoms with Crippen molar-refractivity contribution in [2.24, 2.45) is 0 Å². The molecule has 3 aliphatic rings. The lowest BCUT2D eigenvalue weighted by Crippen LogP contribution is -2.51. The van der Waals surface area contributed by atoms with Crippen molar-refractivity contribution >= 4 is 45.1 Å². The Labute approximate surface area is 165 Å². The van der Waals surface area contributed by atoms with E-state index in [9.17, 15) is 4.79 Å². The van der Waals surface area contributed by atoms with Gasteiger partial charge in [-0.1, -0.05) is 0 Å². The Kier molecular flexibility index (Phi) is 4.55. The lowest BCUT2D eigenvalue weighted by molar-refractivity contribution is 0.116. The van der Waals surface area contributed by atoms with Crippen molar-refractivity contribution < 1.29 is 14.3 Å². The average Bonchev–Trinajstić information content (AvgIpc) is 3.24. The molecule has 5 rings (SSSR count). The Morgan fingerprint density at radius 1 is 1.22 bits per heavy atom. The molecule has 0 bridgehead atoms. The van der Waals surface area contributed by atoms with E-state index < -0.39 is 0 Å². The molecule has 3 fully saturated rings. The smallest absolute Gasteiger partial charge is 0.410 e. The van der Waals surface area contributed by atoms with E-state index in [4.69, 9.17) is 21.1 Å². The number of cyclic esters (lactones) is 1. The van der Waals surface area contributed by atoms with Gasteiger partial charge in [0.05, 0.1) is 29.5 Å². The number of amides is 1. The van der Waals surface area contributed by atoms with E-state index in [0.717, 1.165) is 55.3 Å². The van der Waals surface area contributed by atoms with Crippen LogP contribution in [0.5, 0.6) is 0 Å². The number of piperazine rings is 1. The van der Waals surface area contributed by atoms with Crippen LogP contribution >= 0.6 is 22.9 Å². The molecule has 0 saturated carbocycles. The molecule has 1 atom stereocenters. The van der Waals surface area contributed by atoms with E-state index >= 15 is 0 Å². The first-order valence-electron chi connectivity index (χ1n) is 9.12. The van der Waals surface area contributed by atoms with Crippen LogP contribution in [-0.4, -0.2) is 84.4 Å². The van der Waals surface area contributed by atoms with E-state index in [1.54, 1.807) is 11.3 Å². The minimum Gasteiger partial charge on any atom is -0.447 e. The standard InChI is InChI=1S/C17H20ClN5O3S/c18-16-19-13-7-12(9-21-1-2-23-11(8-21)10-26-17(23)24)27-14(13)15(20-16)22-3-5-25-6-4-22/h7,11H,1-6,8-10H2. The van der Waals surface area contributed by atoms with Gasteiger partial charge in [0.2, 0.25) is 5.28 Å². The van der Waals surface area contributed by atoms with E-state index in [-0.39, 0.29) is 17.4 Å². The molecule has 144 valence electrons. The SMILES string of the molecule is O=C1OCC2CN(Cc3cc4nc(Cl)nc(N5CCOCC5)c4s3)CCN12. The highest BCUT2D eigenvalue weighted by molar-refractivity contribution is 7.19. The number of carbonyl (C=O) groups excluding carboxylic acids is 1. The number of anilines is 1. The summed E-state index contributed by atoms with van der Waals surface area (Å²) in [6, 6.07) is 2.28. The second kappa shape index (κ2) is 7.05. The third-order valence-electron chi connectivity index (χ3n) is 5.27. The highest BCUT2D eigenvalue weighted by atomic mass is 35.5. The van der Waals surface area contributed by atoms with Crippen LogP contribution in [0, 0.1) is 0 Å². The summed E-state index contributed by atoms with van der Waals surface area (Å²) in [6.45, 7) is 6.76. The minimum absolute atomic E-state index is 0.166. The Bertz CT molecular complexity index is 872. The largest absolute Gasteiger partial charge is 0.447 e. The fourth-order valence-corrected chi connectivity index (χ4v) is 5.25. The molecule has 10 heteroatoms. The van der Waals surface area contributed by atoms with Crippen molar-refractivity contribution in [3.63, 3.8) is 0 Å². The van der Waals surface area contributed by atoms with Gasteiger partial charge in [0.1, 0.15) is 6.61 Å². The van der Waals surface area contributed by atoms with E-state index in [1.807, 2.05) is 4.90 Å². The van der Waals surface area contributed by atoms with Gasteiger partial charge in [-0.3, -0.25) is 9.80 Å². The minimum atomic E-state index is -0.179. The summed E-state index contributed by atoms with van der Waals surface area (Å²) in [7, 11) is 0. The van der Waals surface area contributed by atoms with Crippen LogP contribution < -0.4 is 4.90 Å². The van der Waals surface area contributed by atoms with Crippen molar-refractivity contribution in [2.45, 2.75) is 12.6 Å². The molecule has 0 N–H and O–H groups in total. The monoisotopic (exact) mass is 409 g/mol. The highest BCUT2D eigenvalue weighted by Gasteiger charge is 2.37. The summed E-state index contributed by atoms with van der Waals surface area (Å²) in [6.07, 6.45) is -0.179. The molecule has 3 saturated heterocycles. The molecule has 8 nitrogen and oxygen atoms in total. The second-order valence-electron chi connectivity index (χ2n) is 7.00. The molecular formula is C17H20ClN5O3S. The molecule has 0 radical (unpaired) electrons. The van der Waals surface area contributed by atoms with Crippen molar-refractivity contribution in [1.29, 1.82) is 0 Å². The van der Waals surface area contributed by atoms with Crippen LogP contribution in [-0.2, 0) is 16.0 Å². The number of carbonyl (C=O) groups is 1. The zero-order valence-corrected chi connectivity index (χ0v) is 16.3. The molecule has 1 unspecified atom stereocenters. The third kappa shape index (κ3) is 3.33. The molecule has 5 heterocycles. The molecule has 27 heavy (non-hydrogen) atoms. The number of ether oxygens (including phenoxy) is 2. The van der Waals surface area contributed by atoms with E-state index in [2.05, 4.69) is 25.8 Å². The maximum atomic E-state index is 11.7. The normalized spacial score (nSPS) is 23.7. The van der Waals surface area contributed by atoms with Crippen LogP contribution in [0.15, 0.2) is 6.07 Å². The fourth-order valence-electron chi connectivity index (χ4n) is 3.92. The number of aromatic nitrogens is 2. The predicted molar refractivity (Wildman–Crippen MR) is 103 cm³/mol. The van der Waals surface area contributed by atoms with Gasteiger partial charge >= 0.3 is 6.09 Å². The number of fused-ring (bicyclic) bond motifs is 2. The summed E-state index contributed by atoms with van der Waals surface area (Å²) >= 11 is 7.91. The van der Waals surface area contributed by atoms with E-state index in [1.165, 1.54) is 4.88 Å². The summed E-state index contributed by atoms with van der Waals surface area (Å²) in [5, 5.41) is 0.281. The maximum absolute atomic E-state index is 11.7. The molecule has 1 amide bonds. The number of hydrogen-bond donors (Lipinski definition) is 0. The lowest BCUT2D eigenvalue weighted by Gasteiger charge is -2.35. The van der Waals surface area contributed by atoms with Crippen LogP contribution in [0.1, 0.15) is 4.88 Å². The highest BCUT2D eigenvalue weighted by Crippen LogP contribution is 2.34. The zero-order valence-electron chi connectivity index (χ0n) is 14.8. The summed E-state index contributed by atoms with van der Waals surface area (Å²) in [5.41, 5.74) is 0.898. The van der Waals surface area contributed by atoms with Gasteiger partial charge in [-0.2, -0.15) is 4.98 Å². The molecule has 3 aliphatic heterocycles. The van der Waals surface area contributed by atoms with Crippen molar-refractivity contribution in [3.8, 4) is 0 Å². The number of halogens is 1. The average molecular weight is 410 g/mol. The Morgan fingerprint density at radius 3 is 2.93 bits per heavy atom. The van der Waals surface area contributed by atoms with Gasteiger partial charge in [-0.05, 0) is 17.7 Å². The predicted octanol–water partition coefficient (Wildman–Crippen LogP) is 1.82. The number of nitrogens with zero attached hydrogens (tertiary/aromatic N) is 5. The van der Waals surface area contributed by atoms with Gasteiger partial charge < -0.3 is 14.4 Å². The summed E-state index contributed by atoms with van der Waals surface area (Å²) in [4.78, 5) is 28.2. The first-order valence-corrected chi connectivity index (χ1v) is 10.3. The second-order valence-corrected chi connectivity index (χ2v) is 8.48. The van der Waals surface area contributed by atoms with Crippen LogP contribution in [0.2, 0.25) is 5.28 Å². The van der Waals surface area contributed by atoms with Gasteiger partial charge in [-0.15, -0.1) is 11.3 Å². The quantitative estimate of drug-likeness (QED) is 0.716.